The lowest BCUT2D eigenvalue weighted by Gasteiger charge is -2.18. The predicted molar refractivity (Wildman–Crippen MR) is 82.2 cm³/mol. The fraction of sp³-hybridized carbons (Fsp3) is 0.462. The van der Waals surface area contributed by atoms with Gasteiger partial charge in [0.15, 0.2) is 0 Å². The summed E-state index contributed by atoms with van der Waals surface area (Å²) in [5.41, 5.74) is 0. The largest absolute Gasteiger partial charge is 0.401 e. The number of amides is 1. The molecule has 0 aliphatic heterocycles. The Hall–Kier alpha value is -0.860. The van der Waals surface area contributed by atoms with Gasteiger partial charge in [-0.1, -0.05) is 0 Å². The lowest BCUT2D eigenvalue weighted by Crippen LogP contribution is -2.33. The van der Waals surface area contributed by atoms with Crippen LogP contribution in [0.15, 0.2) is 22.0 Å². The maximum atomic E-state index is 12.1. The molecule has 0 aliphatic carbocycles. The van der Waals surface area contributed by atoms with Gasteiger partial charge in [0, 0.05) is 17.5 Å². The Morgan fingerprint density at radius 3 is 2.76 bits per heavy atom. The number of nitrogens with zero attached hydrogens (tertiary/aromatic N) is 1. The third kappa shape index (κ3) is 8.90. The summed E-state index contributed by atoms with van der Waals surface area (Å²) in [4.78, 5) is 13.6. The van der Waals surface area contributed by atoms with Crippen LogP contribution in [0.1, 0.15) is 11.3 Å². The van der Waals surface area contributed by atoms with Gasteiger partial charge in [0.25, 0.3) is 0 Å². The van der Waals surface area contributed by atoms with Crippen LogP contribution in [0, 0.1) is 0 Å². The van der Waals surface area contributed by atoms with Crippen molar-refractivity contribution in [1.82, 2.24) is 10.2 Å². The molecule has 21 heavy (non-hydrogen) atoms. The molecular weight excluding hydrogens is 369 g/mol. The standard InChI is InChI=1S/C13H16BrF3N2OS/c1-19(9-13(15,16)17)8-2-7-18-12(20)6-4-10-3-5-11(14)21-10/h3-6H,2,7-9H2,1H3,(H,18,20)/b6-4+. The Morgan fingerprint density at radius 1 is 1.48 bits per heavy atom. The van der Waals surface area contributed by atoms with Gasteiger partial charge in [-0.15, -0.1) is 11.3 Å². The highest BCUT2D eigenvalue weighted by Crippen LogP contribution is 2.22. The number of thiophene rings is 1. The summed E-state index contributed by atoms with van der Waals surface area (Å²) in [5, 5.41) is 2.64. The topological polar surface area (TPSA) is 32.3 Å². The normalized spacial score (nSPS) is 12.3. The van der Waals surface area contributed by atoms with Crippen LogP contribution in [0.5, 0.6) is 0 Å². The van der Waals surface area contributed by atoms with Crippen LogP contribution < -0.4 is 5.32 Å². The zero-order valence-corrected chi connectivity index (χ0v) is 13.8. The number of halogens is 4. The first-order chi connectivity index (χ1) is 9.76. The molecule has 1 N–H and O–H groups in total. The van der Waals surface area contributed by atoms with E-state index in [9.17, 15) is 18.0 Å². The molecular formula is C13H16BrF3N2OS. The fourth-order valence-corrected chi connectivity index (χ4v) is 2.91. The van der Waals surface area contributed by atoms with E-state index in [1.54, 1.807) is 6.08 Å². The summed E-state index contributed by atoms with van der Waals surface area (Å²) >= 11 is 4.83. The van der Waals surface area contributed by atoms with Crippen molar-refractivity contribution in [3.63, 3.8) is 0 Å². The Morgan fingerprint density at radius 2 is 2.19 bits per heavy atom. The van der Waals surface area contributed by atoms with Crippen LogP contribution in [0.4, 0.5) is 13.2 Å². The van der Waals surface area contributed by atoms with Gasteiger partial charge in [-0.3, -0.25) is 9.69 Å². The summed E-state index contributed by atoms with van der Waals surface area (Å²) in [6.07, 6.45) is -0.606. The minimum atomic E-state index is -4.18. The molecule has 0 aliphatic rings. The van der Waals surface area contributed by atoms with Gasteiger partial charge in [-0.25, -0.2) is 0 Å². The molecule has 1 heterocycles. The first-order valence-corrected chi connectivity index (χ1v) is 7.84. The van der Waals surface area contributed by atoms with Gasteiger partial charge >= 0.3 is 6.18 Å². The minimum Gasteiger partial charge on any atom is -0.353 e. The number of carbonyl (C=O) groups excluding carboxylic acids is 1. The van der Waals surface area contributed by atoms with Gasteiger partial charge in [-0.2, -0.15) is 13.2 Å². The third-order valence-electron chi connectivity index (χ3n) is 2.46. The predicted octanol–water partition coefficient (Wildman–Crippen LogP) is 3.52. The number of nitrogens with one attached hydrogen (secondary N) is 1. The average Bonchev–Trinajstić information content (AvgIpc) is 2.76. The summed E-state index contributed by atoms with van der Waals surface area (Å²) in [6, 6.07) is 3.77. The highest BCUT2D eigenvalue weighted by molar-refractivity contribution is 9.11. The van der Waals surface area contributed by atoms with Crippen molar-refractivity contribution in [3.05, 3.63) is 26.9 Å². The van der Waals surface area contributed by atoms with E-state index in [1.165, 1.54) is 29.4 Å². The van der Waals surface area contributed by atoms with Crippen LogP contribution >= 0.6 is 27.3 Å². The smallest absolute Gasteiger partial charge is 0.353 e. The molecule has 0 atom stereocenters. The summed E-state index contributed by atoms with van der Waals surface area (Å²) in [5.74, 6) is -0.252. The van der Waals surface area contributed by atoms with Gasteiger partial charge in [0.05, 0.1) is 10.3 Å². The number of hydrogen-bond donors (Lipinski definition) is 1. The van der Waals surface area contributed by atoms with Crippen molar-refractivity contribution in [2.24, 2.45) is 0 Å². The summed E-state index contributed by atoms with van der Waals surface area (Å²) < 4.78 is 37.2. The molecule has 0 fully saturated rings. The van der Waals surface area contributed by atoms with E-state index in [4.69, 9.17) is 0 Å². The highest BCUT2D eigenvalue weighted by atomic mass is 79.9. The molecule has 0 saturated carbocycles. The lowest BCUT2D eigenvalue weighted by molar-refractivity contribution is -0.143. The molecule has 1 amide bonds. The molecule has 1 rings (SSSR count). The minimum absolute atomic E-state index is 0.252. The summed E-state index contributed by atoms with van der Waals surface area (Å²) in [6.45, 7) is -0.311. The molecule has 3 nitrogen and oxygen atoms in total. The third-order valence-corrected chi connectivity index (χ3v) is 4.05. The maximum absolute atomic E-state index is 12.1. The van der Waals surface area contributed by atoms with Crippen molar-refractivity contribution >= 4 is 39.2 Å². The molecule has 1 aromatic heterocycles. The molecule has 0 aromatic carbocycles. The van der Waals surface area contributed by atoms with E-state index in [0.29, 0.717) is 13.0 Å². The Labute approximate surface area is 134 Å². The molecule has 1 aromatic rings. The van der Waals surface area contributed by atoms with Crippen LogP contribution in [-0.2, 0) is 4.79 Å². The lowest BCUT2D eigenvalue weighted by atomic mass is 10.3. The quantitative estimate of drug-likeness (QED) is 0.576. The molecule has 0 saturated heterocycles. The first-order valence-electron chi connectivity index (χ1n) is 6.23. The SMILES string of the molecule is CN(CCCNC(=O)/C=C/c1ccc(Br)s1)CC(F)(F)F. The second-order valence-corrected chi connectivity index (χ2v) is 6.97. The van der Waals surface area contributed by atoms with Crippen LogP contribution in [-0.4, -0.2) is 43.7 Å². The zero-order valence-electron chi connectivity index (χ0n) is 11.4. The summed E-state index contributed by atoms with van der Waals surface area (Å²) in [7, 11) is 1.41. The Bertz CT molecular complexity index is 488. The van der Waals surface area contributed by atoms with Crippen molar-refractivity contribution < 1.29 is 18.0 Å². The van der Waals surface area contributed by atoms with Gasteiger partial charge < -0.3 is 5.32 Å². The van der Waals surface area contributed by atoms with E-state index in [1.807, 2.05) is 12.1 Å². The maximum Gasteiger partial charge on any atom is 0.401 e. The molecule has 8 heteroatoms. The molecule has 0 radical (unpaired) electrons. The number of rotatable bonds is 7. The average molecular weight is 385 g/mol. The number of hydrogen-bond acceptors (Lipinski definition) is 3. The molecule has 118 valence electrons. The second kappa shape index (κ2) is 8.55. The van der Waals surface area contributed by atoms with Crippen molar-refractivity contribution in [3.8, 4) is 0 Å². The van der Waals surface area contributed by atoms with Gasteiger partial charge in [0.1, 0.15) is 0 Å². The Balaban J connectivity index is 2.18. The number of alkyl halides is 3. The molecule has 0 unspecified atom stereocenters. The zero-order chi connectivity index (χ0) is 15.9. The number of carbonyl (C=O) groups is 1. The Kier molecular flexibility index (Phi) is 7.41. The molecule has 0 spiro atoms. The van der Waals surface area contributed by atoms with Crippen LogP contribution in [0.3, 0.4) is 0 Å². The monoisotopic (exact) mass is 384 g/mol. The van der Waals surface area contributed by atoms with E-state index in [-0.39, 0.29) is 12.5 Å². The van der Waals surface area contributed by atoms with E-state index < -0.39 is 12.7 Å². The van der Waals surface area contributed by atoms with Gasteiger partial charge in [0.2, 0.25) is 5.91 Å². The highest BCUT2D eigenvalue weighted by Gasteiger charge is 2.28. The molecule has 0 bridgehead atoms. The van der Waals surface area contributed by atoms with Gasteiger partial charge in [-0.05, 0) is 54.2 Å². The van der Waals surface area contributed by atoms with Crippen LogP contribution in [0.25, 0.3) is 6.08 Å². The van der Waals surface area contributed by atoms with E-state index >= 15 is 0 Å². The fourth-order valence-electron chi connectivity index (χ4n) is 1.58. The van der Waals surface area contributed by atoms with E-state index in [2.05, 4.69) is 21.2 Å². The van der Waals surface area contributed by atoms with Crippen molar-refractivity contribution in [2.45, 2.75) is 12.6 Å². The van der Waals surface area contributed by atoms with Crippen molar-refractivity contribution in [1.29, 1.82) is 0 Å². The first kappa shape index (κ1) is 18.2. The van der Waals surface area contributed by atoms with Crippen LogP contribution in [0.2, 0.25) is 0 Å². The van der Waals surface area contributed by atoms with Crippen molar-refractivity contribution in [2.75, 3.05) is 26.7 Å². The second-order valence-electron chi connectivity index (χ2n) is 4.47. The van der Waals surface area contributed by atoms with E-state index in [0.717, 1.165) is 8.66 Å².